The molecule has 78 valence electrons. The van der Waals surface area contributed by atoms with Crippen molar-refractivity contribution in [3.63, 3.8) is 0 Å². The molecule has 0 bridgehead atoms. The van der Waals surface area contributed by atoms with Gasteiger partial charge in [0.1, 0.15) is 11.8 Å². The largest absolute Gasteiger partial charge is 0.378 e. The Hall–Kier alpha value is -1.56. The summed E-state index contributed by atoms with van der Waals surface area (Å²) in [5.41, 5.74) is 1.78. The van der Waals surface area contributed by atoms with Gasteiger partial charge in [-0.2, -0.15) is 5.26 Å². The summed E-state index contributed by atoms with van der Waals surface area (Å²) in [6, 6.07) is 5.71. The minimum absolute atomic E-state index is 0.288. The van der Waals surface area contributed by atoms with Crippen molar-refractivity contribution in [2.75, 3.05) is 5.32 Å². The second kappa shape index (κ2) is 3.90. The molecule has 0 atom stereocenters. The van der Waals surface area contributed by atoms with E-state index in [-0.39, 0.29) is 5.54 Å². The van der Waals surface area contributed by atoms with E-state index in [1.807, 2.05) is 12.1 Å². The summed E-state index contributed by atoms with van der Waals surface area (Å²) >= 11 is 0. The Kier molecular flexibility index (Phi) is 2.59. The highest BCUT2D eigenvalue weighted by atomic mass is 15.0. The van der Waals surface area contributed by atoms with Crippen LogP contribution in [0.2, 0.25) is 0 Å². The summed E-state index contributed by atoms with van der Waals surface area (Å²) in [4.78, 5) is 4.05. The van der Waals surface area contributed by atoms with Gasteiger partial charge in [-0.1, -0.05) is 6.92 Å². The SMILES string of the molecule is CCC1(Nc2ccc(C#N)nc2)CCC1. The third kappa shape index (κ3) is 1.94. The lowest BCUT2D eigenvalue weighted by molar-refractivity contribution is 0.269. The number of hydrogen-bond donors (Lipinski definition) is 1. The predicted octanol–water partition coefficient (Wildman–Crippen LogP) is 2.70. The van der Waals surface area contributed by atoms with Gasteiger partial charge in [0, 0.05) is 5.54 Å². The monoisotopic (exact) mass is 201 g/mol. The van der Waals surface area contributed by atoms with E-state index in [0.29, 0.717) is 5.69 Å². The molecule has 0 radical (unpaired) electrons. The van der Waals surface area contributed by atoms with Crippen LogP contribution in [0.1, 0.15) is 38.3 Å². The normalized spacial score (nSPS) is 17.6. The highest BCUT2D eigenvalue weighted by Gasteiger charge is 2.34. The highest BCUT2D eigenvalue weighted by Crippen LogP contribution is 2.37. The molecule has 1 heterocycles. The quantitative estimate of drug-likeness (QED) is 0.818. The first kappa shape index (κ1) is 9.97. The number of nitrogens with zero attached hydrogens (tertiary/aromatic N) is 2. The lowest BCUT2D eigenvalue weighted by Crippen LogP contribution is -2.44. The number of nitriles is 1. The van der Waals surface area contributed by atoms with Gasteiger partial charge in [0.2, 0.25) is 0 Å². The van der Waals surface area contributed by atoms with Crippen LogP contribution >= 0.6 is 0 Å². The fourth-order valence-electron chi connectivity index (χ4n) is 2.01. The van der Waals surface area contributed by atoms with Crippen LogP contribution in [0.15, 0.2) is 18.3 Å². The van der Waals surface area contributed by atoms with Crippen LogP contribution in [0.4, 0.5) is 5.69 Å². The first-order valence-corrected chi connectivity index (χ1v) is 5.42. The Bertz CT molecular complexity index is 365. The van der Waals surface area contributed by atoms with Gasteiger partial charge in [0.15, 0.2) is 0 Å². The first-order chi connectivity index (χ1) is 7.28. The molecule has 1 aliphatic carbocycles. The average Bonchev–Trinajstić information content (AvgIpc) is 2.24. The summed E-state index contributed by atoms with van der Waals surface area (Å²) < 4.78 is 0. The van der Waals surface area contributed by atoms with E-state index in [0.717, 1.165) is 12.1 Å². The topological polar surface area (TPSA) is 48.7 Å². The first-order valence-electron chi connectivity index (χ1n) is 5.42. The number of aromatic nitrogens is 1. The lowest BCUT2D eigenvalue weighted by atomic mass is 9.75. The maximum absolute atomic E-state index is 8.63. The third-order valence-electron chi connectivity index (χ3n) is 3.27. The molecule has 0 aromatic carbocycles. The summed E-state index contributed by atoms with van der Waals surface area (Å²) in [5, 5.41) is 12.2. The molecule has 1 aliphatic rings. The van der Waals surface area contributed by atoms with Gasteiger partial charge < -0.3 is 5.32 Å². The summed E-state index contributed by atoms with van der Waals surface area (Å²) in [6.45, 7) is 2.21. The zero-order valence-corrected chi connectivity index (χ0v) is 8.95. The van der Waals surface area contributed by atoms with Gasteiger partial charge >= 0.3 is 0 Å². The van der Waals surface area contributed by atoms with Gasteiger partial charge in [-0.3, -0.25) is 0 Å². The van der Waals surface area contributed by atoms with Crippen LogP contribution in [0.3, 0.4) is 0 Å². The molecular formula is C12H15N3. The van der Waals surface area contributed by atoms with Crippen LogP contribution in [-0.2, 0) is 0 Å². The molecule has 1 aromatic heterocycles. The summed E-state index contributed by atoms with van der Waals surface area (Å²) in [5.74, 6) is 0. The third-order valence-corrected chi connectivity index (χ3v) is 3.27. The smallest absolute Gasteiger partial charge is 0.140 e. The standard InChI is InChI=1S/C12H15N3/c1-2-12(6-3-7-12)15-11-5-4-10(8-13)14-9-11/h4-5,9,15H,2-3,6-7H2,1H3. The zero-order chi connectivity index (χ0) is 10.7. The van der Waals surface area contributed by atoms with Gasteiger partial charge in [0.05, 0.1) is 11.9 Å². The van der Waals surface area contributed by atoms with Crippen molar-refractivity contribution in [3.8, 4) is 6.07 Å². The van der Waals surface area contributed by atoms with E-state index in [1.165, 1.54) is 19.3 Å². The van der Waals surface area contributed by atoms with E-state index < -0.39 is 0 Å². The average molecular weight is 201 g/mol. The molecule has 1 saturated carbocycles. The number of anilines is 1. The number of nitrogens with one attached hydrogen (secondary N) is 1. The number of hydrogen-bond acceptors (Lipinski definition) is 3. The molecule has 0 spiro atoms. The molecule has 2 rings (SSSR count). The van der Waals surface area contributed by atoms with E-state index >= 15 is 0 Å². The maximum Gasteiger partial charge on any atom is 0.140 e. The van der Waals surface area contributed by atoms with Crippen LogP contribution < -0.4 is 5.32 Å². The van der Waals surface area contributed by atoms with Crippen LogP contribution in [0, 0.1) is 11.3 Å². The van der Waals surface area contributed by atoms with Crippen molar-refractivity contribution < 1.29 is 0 Å². The fraction of sp³-hybridized carbons (Fsp3) is 0.500. The van der Waals surface area contributed by atoms with Crippen molar-refractivity contribution in [2.45, 2.75) is 38.1 Å². The molecule has 0 amide bonds. The Labute approximate surface area is 90.1 Å². The molecule has 1 fully saturated rings. The van der Waals surface area contributed by atoms with E-state index in [2.05, 4.69) is 17.2 Å². The van der Waals surface area contributed by atoms with Crippen molar-refractivity contribution >= 4 is 5.69 Å². The van der Waals surface area contributed by atoms with Crippen molar-refractivity contribution in [2.24, 2.45) is 0 Å². The van der Waals surface area contributed by atoms with Crippen LogP contribution in [-0.4, -0.2) is 10.5 Å². The Morgan fingerprint density at radius 3 is 2.73 bits per heavy atom. The molecule has 1 N–H and O–H groups in total. The molecule has 15 heavy (non-hydrogen) atoms. The predicted molar refractivity (Wildman–Crippen MR) is 59.4 cm³/mol. The van der Waals surface area contributed by atoms with Gasteiger partial charge in [0.25, 0.3) is 0 Å². The fourth-order valence-corrected chi connectivity index (χ4v) is 2.01. The van der Waals surface area contributed by atoms with Crippen molar-refractivity contribution in [3.05, 3.63) is 24.0 Å². The van der Waals surface area contributed by atoms with Crippen LogP contribution in [0.25, 0.3) is 0 Å². The number of rotatable bonds is 3. The zero-order valence-electron chi connectivity index (χ0n) is 8.95. The van der Waals surface area contributed by atoms with E-state index in [1.54, 1.807) is 12.3 Å². The molecule has 1 aromatic rings. The van der Waals surface area contributed by atoms with E-state index in [4.69, 9.17) is 5.26 Å². The van der Waals surface area contributed by atoms with Gasteiger partial charge in [-0.05, 0) is 37.8 Å². The molecule has 3 nitrogen and oxygen atoms in total. The molecule has 0 unspecified atom stereocenters. The second-order valence-corrected chi connectivity index (χ2v) is 4.16. The van der Waals surface area contributed by atoms with Gasteiger partial charge in [-0.25, -0.2) is 4.98 Å². The highest BCUT2D eigenvalue weighted by molar-refractivity contribution is 5.45. The second-order valence-electron chi connectivity index (χ2n) is 4.16. The Balaban J connectivity index is 2.08. The minimum atomic E-state index is 0.288. The molecule has 0 saturated heterocycles. The molecule has 3 heteroatoms. The Morgan fingerprint density at radius 1 is 1.53 bits per heavy atom. The number of pyridine rings is 1. The summed E-state index contributed by atoms with van der Waals surface area (Å²) in [7, 11) is 0. The van der Waals surface area contributed by atoms with Crippen molar-refractivity contribution in [1.82, 2.24) is 4.98 Å². The Morgan fingerprint density at radius 2 is 2.33 bits per heavy atom. The lowest BCUT2D eigenvalue weighted by Gasteiger charge is -2.42. The van der Waals surface area contributed by atoms with Crippen molar-refractivity contribution in [1.29, 1.82) is 5.26 Å². The summed E-state index contributed by atoms with van der Waals surface area (Å²) in [6.07, 6.45) is 6.68. The maximum atomic E-state index is 8.63. The van der Waals surface area contributed by atoms with Crippen LogP contribution in [0.5, 0.6) is 0 Å². The minimum Gasteiger partial charge on any atom is -0.378 e. The van der Waals surface area contributed by atoms with E-state index in [9.17, 15) is 0 Å². The van der Waals surface area contributed by atoms with Gasteiger partial charge in [-0.15, -0.1) is 0 Å². The molecule has 0 aliphatic heterocycles. The molecular weight excluding hydrogens is 186 g/mol.